The molecule has 0 saturated heterocycles. The zero-order valence-electron chi connectivity index (χ0n) is 19.9. The van der Waals surface area contributed by atoms with Crippen LogP contribution in [-0.2, 0) is 11.8 Å². The molecule has 0 bridgehead atoms. The highest BCUT2D eigenvalue weighted by Gasteiger charge is 2.31. The molecule has 1 N–H and O–H groups in total. The Bertz CT molecular complexity index is 1280. The van der Waals surface area contributed by atoms with E-state index in [-0.39, 0.29) is 29.4 Å². The fourth-order valence-electron chi connectivity index (χ4n) is 3.22. The predicted octanol–water partition coefficient (Wildman–Crippen LogP) is 2.52. The van der Waals surface area contributed by atoms with Crippen molar-refractivity contribution < 1.29 is 27.5 Å². The van der Waals surface area contributed by atoms with Gasteiger partial charge in [0, 0.05) is 26.2 Å². The molecule has 0 spiro atoms. The van der Waals surface area contributed by atoms with Crippen LogP contribution in [0, 0.1) is 0 Å². The van der Waals surface area contributed by atoms with E-state index in [0.29, 0.717) is 12.1 Å². The van der Waals surface area contributed by atoms with Crippen LogP contribution in [0.15, 0.2) is 47.5 Å². The molecule has 0 atom stereocenters. The van der Waals surface area contributed by atoms with Gasteiger partial charge in [0.15, 0.2) is 0 Å². The summed E-state index contributed by atoms with van der Waals surface area (Å²) in [7, 11) is 3.25. The Balaban J connectivity index is 1.94. The lowest BCUT2D eigenvalue weighted by atomic mass is 10.1. The maximum Gasteiger partial charge on any atom is 0.573 e. The minimum Gasteiger partial charge on any atom is -0.406 e. The topological polar surface area (TPSA) is 111 Å². The second-order valence-corrected chi connectivity index (χ2v) is 7.96. The third-order valence-corrected chi connectivity index (χ3v) is 5.15. The normalized spacial score (nSPS) is 11.3. The Morgan fingerprint density at radius 2 is 1.89 bits per heavy atom. The molecule has 0 fully saturated rings. The van der Waals surface area contributed by atoms with E-state index in [1.807, 2.05) is 6.92 Å². The SMILES string of the molecule is CCCCN(C)C(=O)CNC(=O)c1cc(-c2ccc(OC(F)(F)F)cc2)nn(-c2cnn(C)c2)c1=O. The molecule has 0 aliphatic heterocycles. The van der Waals surface area contributed by atoms with Crippen molar-refractivity contribution in [2.24, 2.45) is 7.05 Å². The number of aryl methyl sites for hydroxylation is 1. The molecule has 13 heteroatoms. The number of likely N-dealkylation sites (N-methyl/N-ethyl adjacent to an activating group) is 1. The van der Waals surface area contributed by atoms with Gasteiger partial charge in [0.05, 0.1) is 24.6 Å². The van der Waals surface area contributed by atoms with Gasteiger partial charge in [-0.1, -0.05) is 13.3 Å². The van der Waals surface area contributed by atoms with E-state index in [4.69, 9.17) is 0 Å². The van der Waals surface area contributed by atoms with E-state index in [2.05, 4.69) is 20.3 Å². The third-order valence-electron chi connectivity index (χ3n) is 5.15. The van der Waals surface area contributed by atoms with Gasteiger partial charge in [-0.2, -0.15) is 14.9 Å². The zero-order valence-corrected chi connectivity index (χ0v) is 19.9. The fraction of sp³-hybridized carbons (Fsp3) is 0.348. The minimum atomic E-state index is -4.85. The van der Waals surface area contributed by atoms with Gasteiger partial charge >= 0.3 is 6.36 Å². The lowest BCUT2D eigenvalue weighted by Gasteiger charge is -2.17. The molecule has 36 heavy (non-hydrogen) atoms. The summed E-state index contributed by atoms with van der Waals surface area (Å²) in [5.41, 5.74) is -0.331. The van der Waals surface area contributed by atoms with Gasteiger partial charge < -0.3 is 15.0 Å². The number of halogens is 3. The number of nitrogens with one attached hydrogen (secondary N) is 1. The summed E-state index contributed by atoms with van der Waals surface area (Å²) in [5, 5.41) is 10.7. The number of ether oxygens (including phenoxy) is 1. The molecule has 0 aliphatic carbocycles. The van der Waals surface area contributed by atoms with Gasteiger partial charge in [-0.25, -0.2) is 0 Å². The number of aromatic nitrogens is 4. The Morgan fingerprint density at radius 3 is 2.47 bits per heavy atom. The van der Waals surface area contributed by atoms with Crippen molar-refractivity contribution in [3.63, 3.8) is 0 Å². The molecule has 0 radical (unpaired) electrons. The van der Waals surface area contributed by atoms with Crippen LogP contribution in [0.2, 0.25) is 0 Å². The van der Waals surface area contributed by atoms with Crippen molar-refractivity contribution >= 4 is 11.8 Å². The molecule has 1 aromatic carbocycles. The van der Waals surface area contributed by atoms with Crippen LogP contribution in [0.5, 0.6) is 5.75 Å². The number of benzene rings is 1. The second kappa shape index (κ2) is 11.1. The quantitative estimate of drug-likeness (QED) is 0.478. The van der Waals surface area contributed by atoms with Crippen molar-refractivity contribution in [2.45, 2.75) is 26.1 Å². The number of amides is 2. The Kier molecular flexibility index (Phi) is 8.12. The summed E-state index contributed by atoms with van der Waals surface area (Å²) in [6.45, 7) is 2.21. The largest absolute Gasteiger partial charge is 0.573 e. The Hall–Kier alpha value is -4.16. The Morgan fingerprint density at radius 1 is 1.19 bits per heavy atom. The first kappa shape index (κ1) is 26.4. The van der Waals surface area contributed by atoms with Gasteiger partial charge in [-0.05, 0) is 36.8 Å². The smallest absolute Gasteiger partial charge is 0.406 e. The van der Waals surface area contributed by atoms with Crippen molar-refractivity contribution in [2.75, 3.05) is 20.1 Å². The maximum atomic E-state index is 13.1. The highest BCUT2D eigenvalue weighted by Crippen LogP contribution is 2.26. The highest BCUT2D eigenvalue weighted by molar-refractivity contribution is 5.97. The molecule has 3 rings (SSSR count). The lowest BCUT2D eigenvalue weighted by Crippen LogP contribution is -2.40. The van der Waals surface area contributed by atoms with Gasteiger partial charge in [0.25, 0.3) is 11.5 Å². The number of hydrogen-bond acceptors (Lipinski definition) is 6. The van der Waals surface area contributed by atoms with Crippen LogP contribution in [0.3, 0.4) is 0 Å². The Labute approximate surface area is 204 Å². The summed E-state index contributed by atoms with van der Waals surface area (Å²) in [4.78, 5) is 39.8. The number of nitrogens with zero attached hydrogens (tertiary/aromatic N) is 5. The van der Waals surface area contributed by atoms with Gasteiger partial charge in [0.2, 0.25) is 5.91 Å². The fourth-order valence-corrected chi connectivity index (χ4v) is 3.22. The van der Waals surface area contributed by atoms with E-state index in [9.17, 15) is 27.6 Å². The molecule has 0 saturated carbocycles. The maximum absolute atomic E-state index is 13.1. The summed E-state index contributed by atoms with van der Waals surface area (Å²) < 4.78 is 43.7. The van der Waals surface area contributed by atoms with E-state index < -0.39 is 23.6 Å². The van der Waals surface area contributed by atoms with Crippen molar-refractivity contribution in [3.05, 3.63) is 58.6 Å². The summed E-state index contributed by atoms with van der Waals surface area (Å²) in [6, 6.07) is 6.03. The molecular weight excluding hydrogens is 481 g/mol. The van der Waals surface area contributed by atoms with Gasteiger partial charge in [-0.15, -0.1) is 13.2 Å². The van der Waals surface area contributed by atoms with Gasteiger partial charge in [-0.3, -0.25) is 19.1 Å². The van der Waals surface area contributed by atoms with E-state index in [1.54, 1.807) is 14.1 Å². The minimum absolute atomic E-state index is 0.133. The van der Waals surface area contributed by atoms with Crippen molar-refractivity contribution in [1.82, 2.24) is 29.8 Å². The first-order valence-electron chi connectivity index (χ1n) is 11.0. The molecule has 10 nitrogen and oxygen atoms in total. The van der Waals surface area contributed by atoms with Crippen LogP contribution in [0.1, 0.15) is 30.1 Å². The number of hydrogen-bond donors (Lipinski definition) is 1. The number of alkyl halides is 3. The molecule has 2 amide bonds. The van der Waals surface area contributed by atoms with Crippen LogP contribution < -0.4 is 15.6 Å². The van der Waals surface area contributed by atoms with E-state index in [0.717, 1.165) is 29.7 Å². The molecule has 2 aromatic heterocycles. The van der Waals surface area contributed by atoms with E-state index in [1.165, 1.54) is 40.2 Å². The third kappa shape index (κ3) is 6.71. The number of unbranched alkanes of at least 4 members (excludes halogenated alkanes) is 1. The van der Waals surface area contributed by atoms with Crippen LogP contribution in [0.25, 0.3) is 16.9 Å². The van der Waals surface area contributed by atoms with E-state index >= 15 is 0 Å². The molecule has 0 aliphatic rings. The average molecular weight is 506 g/mol. The van der Waals surface area contributed by atoms with Crippen LogP contribution >= 0.6 is 0 Å². The van der Waals surface area contributed by atoms with Crippen LogP contribution in [0.4, 0.5) is 13.2 Å². The number of rotatable bonds is 9. The molecule has 192 valence electrons. The average Bonchev–Trinajstić information content (AvgIpc) is 3.26. The van der Waals surface area contributed by atoms with Crippen molar-refractivity contribution in [3.8, 4) is 22.7 Å². The summed E-state index contributed by atoms with van der Waals surface area (Å²) >= 11 is 0. The highest BCUT2D eigenvalue weighted by atomic mass is 19.4. The number of carbonyl (C=O) groups excluding carboxylic acids is 2. The predicted molar refractivity (Wildman–Crippen MR) is 124 cm³/mol. The summed E-state index contributed by atoms with van der Waals surface area (Å²) in [6.07, 6.45) is -0.257. The molecule has 2 heterocycles. The van der Waals surface area contributed by atoms with Crippen molar-refractivity contribution in [1.29, 1.82) is 0 Å². The monoisotopic (exact) mass is 506 g/mol. The second-order valence-electron chi connectivity index (χ2n) is 7.96. The van der Waals surface area contributed by atoms with Crippen LogP contribution in [-0.4, -0.2) is 62.8 Å². The zero-order chi connectivity index (χ0) is 26.5. The molecule has 3 aromatic rings. The standard InChI is InChI=1S/C23H25F3N6O4/c1-4-5-10-30(2)20(33)13-27-21(34)18-11-19(15-6-8-17(9-7-15)36-23(24,25)26)29-32(22(18)35)16-12-28-31(3)14-16/h6-9,11-12,14H,4-5,10,13H2,1-3H3,(H,27,34). The number of carbonyl (C=O) groups is 2. The first-order valence-corrected chi connectivity index (χ1v) is 11.0. The lowest BCUT2D eigenvalue weighted by molar-refractivity contribution is -0.274. The molecule has 0 unspecified atom stereocenters. The molecular formula is C23H25F3N6O4. The van der Waals surface area contributed by atoms with Gasteiger partial charge in [0.1, 0.15) is 17.0 Å². The first-order chi connectivity index (χ1) is 17.0. The summed E-state index contributed by atoms with van der Waals surface area (Å²) in [5.74, 6) is -1.55.